The third-order valence-electron chi connectivity index (χ3n) is 6.19. The van der Waals surface area contributed by atoms with Crippen LogP contribution in [0.15, 0.2) is 52.5 Å². The number of esters is 1. The number of hydrogen-bond acceptors (Lipinski definition) is 6. The van der Waals surface area contributed by atoms with E-state index in [1.165, 1.54) is 16.9 Å². The predicted octanol–water partition coefficient (Wildman–Crippen LogP) is 4.84. The summed E-state index contributed by atoms with van der Waals surface area (Å²) >= 11 is 1.45. The largest absolute Gasteiger partial charge is 0.462 e. The van der Waals surface area contributed by atoms with Gasteiger partial charge in [0, 0.05) is 17.6 Å². The minimum Gasteiger partial charge on any atom is -0.462 e. The molecule has 2 unspecified atom stereocenters. The Labute approximate surface area is 184 Å². The van der Waals surface area contributed by atoms with Crippen molar-refractivity contribution in [3.05, 3.63) is 59.3 Å². The minimum atomic E-state index is -0.391. The second kappa shape index (κ2) is 8.67. The molecule has 6 nitrogen and oxygen atoms in total. The molecule has 3 aromatic rings. The molecular weight excluding hydrogens is 412 g/mol. The van der Waals surface area contributed by atoms with Crippen LogP contribution >= 0.6 is 11.3 Å². The van der Waals surface area contributed by atoms with Crippen LogP contribution in [-0.2, 0) is 27.4 Å². The molecule has 0 spiro atoms. The molecule has 0 N–H and O–H groups in total. The first-order valence-corrected chi connectivity index (χ1v) is 11.6. The monoisotopic (exact) mass is 436 g/mol. The highest BCUT2D eigenvalue weighted by Gasteiger charge is 2.40. The molecule has 2 atom stereocenters. The molecule has 3 heterocycles. The van der Waals surface area contributed by atoms with Gasteiger partial charge in [-0.3, -0.25) is 9.59 Å². The standard InChI is InChI=1S/C24H24N2O4S/c27-23(26-12-11-16-6-1-4-9-20(16)26)18-7-2-3-8-19(18)24(28)30-14-17-15-31-22(25-17)21-10-5-13-29-21/h1,4-6,9-10,13,15,18-19H,2-3,7-8,11-12,14H2. The molecule has 1 aromatic carbocycles. The number of nitrogens with zero attached hydrogens (tertiary/aromatic N) is 2. The molecular formula is C24H24N2O4S. The first kappa shape index (κ1) is 20.0. The Kier molecular flexibility index (Phi) is 5.59. The van der Waals surface area contributed by atoms with Gasteiger partial charge in [0.2, 0.25) is 5.91 Å². The maximum absolute atomic E-state index is 13.4. The summed E-state index contributed by atoms with van der Waals surface area (Å²) < 4.78 is 11.0. The van der Waals surface area contributed by atoms with Crippen molar-refractivity contribution in [1.82, 2.24) is 4.98 Å². The van der Waals surface area contributed by atoms with Crippen LogP contribution in [0.4, 0.5) is 5.69 Å². The van der Waals surface area contributed by atoms with E-state index in [0.29, 0.717) is 24.4 Å². The highest BCUT2D eigenvalue weighted by molar-refractivity contribution is 7.13. The van der Waals surface area contributed by atoms with Gasteiger partial charge < -0.3 is 14.1 Å². The van der Waals surface area contributed by atoms with Crippen molar-refractivity contribution in [3.8, 4) is 10.8 Å². The molecule has 1 aliphatic heterocycles. The Morgan fingerprint density at radius 2 is 1.97 bits per heavy atom. The average Bonchev–Trinajstić information content (AvgIpc) is 3.57. The number of para-hydroxylation sites is 1. The maximum atomic E-state index is 13.4. The Hall–Kier alpha value is -2.93. The molecule has 2 aliphatic rings. The van der Waals surface area contributed by atoms with Gasteiger partial charge >= 0.3 is 5.97 Å². The highest BCUT2D eigenvalue weighted by atomic mass is 32.1. The number of thiazole rings is 1. The highest BCUT2D eigenvalue weighted by Crippen LogP contribution is 2.36. The van der Waals surface area contributed by atoms with Gasteiger partial charge in [0.25, 0.3) is 0 Å². The van der Waals surface area contributed by atoms with Crippen LogP contribution in [0.3, 0.4) is 0 Å². The molecule has 7 heteroatoms. The molecule has 0 radical (unpaired) electrons. The number of fused-ring (bicyclic) bond motifs is 1. The summed E-state index contributed by atoms with van der Waals surface area (Å²) in [5, 5.41) is 2.63. The van der Waals surface area contributed by atoms with Crippen molar-refractivity contribution >= 4 is 28.9 Å². The van der Waals surface area contributed by atoms with Crippen molar-refractivity contribution in [2.45, 2.75) is 38.7 Å². The number of rotatable bonds is 5. The minimum absolute atomic E-state index is 0.0559. The maximum Gasteiger partial charge on any atom is 0.310 e. The zero-order valence-corrected chi connectivity index (χ0v) is 18.0. The van der Waals surface area contributed by atoms with Crippen molar-refractivity contribution in [2.75, 3.05) is 11.4 Å². The zero-order chi connectivity index (χ0) is 21.2. The molecule has 1 saturated carbocycles. The fourth-order valence-corrected chi connectivity index (χ4v) is 5.39. The molecule has 1 fully saturated rings. The van der Waals surface area contributed by atoms with Gasteiger partial charge in [0.1, 0.15) is 6.61 Å². The van der Waals surface area contributed by atoms with E-state index in [-0.39, 0.29) is 24.4 Å². The quantitative estimate of drug-likeness (QED) is 0.535. The molecule has 2 aromatic heterocycles. The normalized spacial score (nSPS) is 20.5. The first-order valence-electron chi connectivity index (χ1n) is 10.7. The summed E-state index contributed by atoms with van der Waals surface area (Å²) in [6.45, 7) is 0.796. The second-order valence-electron chi connectivity index (χ2n) is 8.10. The summed E-state index contributed by atoms with van der Waals surface area (Å²) in [5.74, 6) is -0.247. The molecule has 1 amide bonds. The molecule has 160 valence electrons. The Morgan fingerprint density at radius 3 is 2.81 bits per heavy atom. The van der Waals surface area contributed by atoms with Crippen LogP contribution in [0.5, 0.6) is 0 Å². The van der Waals surface area contributed by atoms with Crippen LogP contribution in [0.25, 0.3) is 10.8 Å². The van der Waals surface area contributed by atoms with E-state index in [9.17, 15) is 9.59 Å². The number of furan rings is 1. The summed E-state index contributed by atoms with van der Waals surface area (Å²) in [7, 11) is 0. The summed E-state index contributed by atoms with van der Waals surface area (Å²) in [5.41, 5.74) is 2.87. The van der Waals surface area contributed by atoms with Crippen molar-refractivity contribution in [1.29, 1.82) is 0 Å². The van der Waals surface area contributed by atoms with Gasteiger partial charge in [-0.1, -0.05) is 31.0 Å². The van der Waals surface area contributed by atoms with Gasteiger partial charge in [0.15, 0.2) is 10.8 Å². The zero-order valence-electron chi connectivity index (χ0n) is 17.2. The SMILES string of the molecule is O=C(OCc1csc(-c2ccco2)n1)C1CCCCC1C(=O)N1CCc2ccccc21. The third kappa shape index (κ3) is 4.02. The van der Waals surface area contributed by atoms with E-state index in [4.69, 9.17) is 9.15 Å². The number of amides is 1. The summed E-state index contributed by atoms with van der Waals surface area (Å²) in [6, 6.07) is 11.7. The van der Waals surface area contributed by atoms with Crippen molar-refractivity contribution < 1.29 is 18.7 Å². The second-order valence-corrected chi connectivity index (χ2v) is 8.95. The molecule has 5 rings (SSSR count). The Morgan fingerprint density at radius 1 is 1.13 bits per heavy atom. The lowest BCUT2D eigenvalue weighted by Gasteiger charge is -2.32. The number of carbonyl (C=O) groups is 2. The van der Waals surface area contributed by atoms with Crippen LogP contribution < -0.4 is 4.90 Å². The van der Waals surface area contributed by atoms with E-state index < -0.39 is 5.92 Å². The van der Waals surface area contributed by atoms with Gasteiger partial charge in [-0.2, -0.15) is 0 Å². The number of ether oxygens (including phenoxy) is 1. The average molecular weight is 437 g/mol. The lowest BCUT2D eigenvalue weighted by molar-refractivity contribution is -0.155. The molecule has 1 aliphatic carbocycles. The van der Waals surface area contributed by atoms with E-state index >= 15 is 0 Å². The van der Waals surface area contributed by atoms with Crippen LogP contribution in [-0.4, -0.2) is 23.4 Å². The predicted molar refractivity (Wildman–Crippen MR) is 118 cm³/mol. The van der Waals surface area contributed by atoms with Crippen LogP contribution in [0, 0.1) is 11.8 Å². The third-order valence-corrected chi connectivity index (χ3v) is 7.09. The van der Waals surface area contributed by atoms with Gasteiger partial charge in [-0.25, -0.2) is 4.98 Å². The van der Waals surface area contributed by atoms with E-state index in [1.807, 2.05) is 40.6 Å². The van der Waals surface area contributed by atoms with E-state index in [1.54, 1.807) is 6.26 Å². The molecule has 0 saturated heterocycles. The fraction of sp³-hybridized carbons (Fsp3) is 0.375. The van der Waals surface area contributed by atoms with E-state index in [0.717, 1.165) is 36.4 Å². The van der Waals surface area contributed by atoms with Crippen molar-refractivity contribution in [3.63, 3.8) is 0 Å². The lowest BCUT2D eigenvalue weighted by atomic mass is 9.78. The van der Waals surface area contributed by atoms with Crippen LogP contribution in [0.1, 0.15) is 36.9 Å². The molecule has 0 bridgehead atoms. The molecule has 31 heavy (non-hydrogen) atoms. The van der Waals surface area contributed by atoms with E-state index in [2.05, 4.69) is 11.1 Å². The number of anilines is 1. The number of hydrogen-bond donors (Lipinski definition) is 0. The fourth-order valence-electron chi connectivity index (χ4n) is 4.61. The van der Waals surface area contributed by atoms with Crippen molar-refractivity contribution in [2.24, 2.45) is 11.8 Å². The van der Waals surface area contributed by atoms with Gasteiger partial charge in [0.05, 0.1) is 23.8 Å². The topological polar surface area (TPSA) is 72.6 Å². The number of carbonyl (C=O) groups excluding carboxylic acids is 2. The first-order chi connectivity index (χ1) is 15.2. The van der Waals surface area contributed by atoms with Crippen LogP contribution in [0.2, 0.25) is 0 Å². The van der Waals surface area contributed by atoms with Gasteiger partial charge in [-0.05, 0) is 43.0 Å². The smallest absolute Gasteiger partial charge is 0.310 e. The Bertz CT molecular complexity index is 1070. The number of benzene rings is 1. The number of aromatic nitrogens is 1. The Balaban J connectivity index is 1.25. The summed E-state index contributed by atoms with van der Waals surface area (Å²) in [6.07, 6.45) is 5.81. The summed E-state index contributed by atoms with van der Waals surface area (Å²) in [4.78, 5) is 32.7. The lowest BCUT2D eigenvalue weighted by Crippen LogP contribution is -2.42. The van der Waals surface area contributed by atoms with Gasteiger partial charge in [-0.15, -0.1) is 11.3 Å².